The molecule has 214 valence electrons. The average Bonchev–Trinajstić information content (AvgIpc) is 2.87. The number of hydrogen-bond acceptors (Lipinski definition) is 8. The highest BCUT2D eigenvalue weighted by atomic mass is 16.5. The highest BCUT2D eigenvalue weighted by Gasteiger charge is 2.56. The largest absolute Gasteiger partial charge is 0.481 e. The van der Waals surface area contributed by atoms with Crippen LogP contribution in [0.5, 0.6) is 0 Å². The van der Waals surface area contributed by atoms with E-state index in [0.29, 0.717) is 9.80 Å². The maximum atomic E-state index is 13.3. The van der Waals surface area contributed by atoms with E-state index in [1.165, 1.54) is 13.8 Å². The van der Waals surface area contributed by atoms with Gasteiger partial charge in [-0.1, -0.05) is 30.3 Å². The predicted octanol–water partition coefficient (Wildman–Crippen LogP) is 1.46. The molecule has 2 rings (SSSR count). The van der Waals surface area contributed by atoms with Crippen molar-refractivity contribution in [1.29, 1.82) is 0 Å². The number of ether oxygens (including phenoxy) is 1. The molecule has 1 aromatic carbocycles. The van der Waals surface area contributed by atoms with Gasteiger partial charge >= 0.3 is 30.0 Å². The molecule has 0 spiro atoms. The van der Waals surface area contributed by atoms with Crippen LogP contribution in [-0.2, 0) is 30.5 Å². The molecule has 0 bridgehead atoms. The standard InChI is InChI=1S/C25H33N3O11/c1-25(2)21(35)27(24(38)28(22(25)36)17(20(33)34)11-12-18(29)30)16(19(31)32)10-6-7-13-26-23(37)39-14-15-8-4-3-5-9-15/h3-5,8-9,16-17,21,35H,6-7,10-14H2,1-2H3,(H,26,37)(H,29,30)(H,31,32)(H,33,34)/t16-,17-,21?/m0/s1. The van der Waals surface area contributed by atoms with Crippen molar-refractivity contribution in [3.05, 3.63) is 35.9 Å². The predicted molar refractivity (Wildman–Crippen MR) is 132 cm³/mol. The summed E-state index contributed by atoms with van der Waals surface area (Å²) in [6.45, 7) is 2.65. The van der Waals surface area contributed by atoms with E-state index in [0.717, 1.165) is 5.56 Å². The topological polar surface area (TPSA) is 211 Å². The Balaban J connectivity index is 2.06. The first-order valence-electron chi connectivity index (χ1n) is 12.2. The second-order valence-corrected chi connectivity index (χ2v) is 9.59. The molecule has 0 aromatic heterocycles. The number of nitrogens with zero attached hydrogens (tertiary/aromatic N) is 2. The maximum Gasteiger partial charge on any atom is 0.407 e. The minimum atomic E-state index is -1.89. The zero-order chi connectivity index (χ0) is 29.3. The van der Waals surface area contributed by atoms with Gasteiger partial charge in [0.15, 0.2) is 0 Å². The summed E-state index contributed by atoms with van der Waals surface area (Å²) in [6, 6.07) is 4.13. The Labute approximate surface area is 224 Å². The summed E-state index contributed by atoms with van der Waals surface area (Å²) in [5.41, 5.74) is -0.993. The molecule has 1 saturated heterocycles. The fourth-order valence-electron chi connectivity index (χ4n) is 4.10. The first kappa shape index (κ1) is 31.0. The number of alkyl carbamates (subject to hydrolysis) is 1. The number of carbonyl (C=O) groups excluding carboxylic acids is 3. The van der Waals surface area contributed by atoms with Crippen molar-refractivity contribution in [2.75, 3.05) is 6.54 Å². The first-order valence-corrected chi connectivity index (χ1v) is 12.2. The van der Waals surface area contributed by atoms with Crippen molar-refractivity contribution in [3.63, 3.8) is 0 Å². The van der Waals surface area contributed by atoms with E-state index in [1.807, 2.05) is 6.07 Å². The van der Waals surface area contributed by atoms with Crippen molar-refractivity contribution in [2.45, 2.75) is 70.9 Å². The molecule has 1 aromatic rings. The number of carboxylic acids is 3. The van der Waals surface area contributed by atoms with Gasteiger partial charge in [-0.05, 0) is 45.1 Å². The number of nitrogens with one attached hydrogen (secondary N) is 1. The first-order chi connectivity index (χ1) is 18.3. The normalized spacial score (nSPS) is 18.3. The third-order valence-electron chi connectivity index (χ3n) is 6.34. The molecule has 14 heteroatoms. The molecule has 5 N–H and O–H groups in total. The van der Waals surface area contributed by atoms with Gasteiger partial charge in [0.1, 0.15) is 24.9 Å². The minimum Gasteiger partial charge on any atom is -0.481 e. The third kappa shape index (κ3) is 7.89. The summed E-state index contributed by atoms with van der Waals surface area (Å²) in [6.07, 6.45) is -3.58. The number of aliphatic carboxylic acids is 3. The van der Waals surface area contributed by atoms with Gasteiger partial charge in [0.05, 0.1) is 5.41 Å². The molecule has 1 fully saturated rings. The second-order valence-electron chi connectivity index (χ2n) is 9.59. The molecule has 1 unspecified atom stereocenters. The summed E-state index contributed by atoms with van der Waals surface area (Å²) in [5.74, 6) is -5.58. The number of hydrogen-bond donors (Lipinski definition) is 5. The van der Waals surface area contributed by atoms with Crippen LogP contribution in [0, 0.1) is 5.41 Å². The lowest BCUT2D eigenvalue weighted by Crippen LogP contribution is -2.71. The molecule has 0 aliphatic carbocycles. The molecule has 1 aliphatic rings. The van der Waals surface area contributed by atoms with Gasteiger partial charge in [0, 0.05) is 13.0 Å². The summed E-state index contributed by atoms with van der Waals surface area (Å²) in [5, 5.41) is 41.7. The number of benzene rings is 1. The molecular formula is C25H33N3O11. The molecule has 0 radical (unpaired) electrons. The Kier molecular flexibility index (Phi) is 10.8. The number of aliphatic hydroxyl groups is 1. The minimum absolute atomic E-state index is 0.0670. The zero-order valence-corrected chi connectivity index (χ0v) is 21.6. The quantitative estimate of drug-likeness (QED) is 0.209. The lowest BCUT2D eigenvalue weighted by Gasteiger charge is -2.49. The van der Waals surface area contributed by atoms with Gasteiger partial charge in [-0.15, -0.1) is 0 Å². The van der Waals surface area contributed by atoms with Gasteiger partial charge in [-0.2, -0.15) is 0 Å². The van der Waals surface area contributed by atoms with Crippen molar-refractivity contribution >= 4 is 35.9 Å². The lowest BCUT2D eigenvalue weighted by molar-refractivity contribution is -0.177. The molecule has 4 amide bonds. The van der Waals surface area contributed by atoms with Gasteiger partial charge in [-0.3, -0.25) is 14.5 Å². The van der Waals surface area contributed by atoms with Crippen molar-refractivity contribution in [2.24, 2.45) is 5.41 Å². The van der Waals surface area contributed by atoms with Crippen LogP contribution in [0.15, 0.2) is 30.3 Å². The van der Waals surface area contributed by atoms with Gasteiger partial charge < -0.3 is 30.5 Å². The molecule has 1 heterocycles. The van der Waals surface area contributed by atoms with Crippen LogP contribution >= 0.6 is 0 Å². The number of urea groups is 1. The van der Waals surface area contributed by atoms with Gasteiger partial charge in [0.2, 0.25) is 5.91 Å². The molecule has 39 heavy (non-hydrogen) atoms. The van der Waals surface area contributed by atoms with Crippen molar-refractivity contribution < 1.29 is 53.9 Å². The van der Waals surface area contributed by atoms with Crippen molar-refractivity contribution in [1.82, 2.24) is 15.1 Å². The van der Waals surface area contributed by atoms with E-state index >= 15 is 0 Å². The number of carboxylic acid groups (broad SMARTS) is 3. The summed E-state index contributed by atoms with van der Waals surface area (Å²) < 4.78 is 5.09. The maximum absolute atomic E-state index is 13.3. The molecule has 1 aliphatic heterocycles. The highest BCUT2D eigenvalue weighted by molar-refractivity contribution is 6.04. The number of rotatable bonds is 14. The summed E-state index contributed by atoms with van der Waals surface area (Å²) in [7, 11) is 0. The second kappa shape index (κ2) is 13.6. The number of imide groups is 1. The third-order valence-corrected chi connectivity index (χ3v) is 6.34. The summed E-state index contributed by atoms with van der Waals surface area (Å²) in [4.78, 5) is 73.9. The molecule has 3 atom stereocenters. The number of amides is 4. The molecule has 14 nitrogen and oxygen atoms in total. The summed E-state index contributed by atoms with van der Waals surface area (Å²) >= 11 is 0. The SMILES string of the molecule is CC1(C)C(=O)N([C@@H](CCC(=O)O)C(=O)O)C(=O)N([C@@H](CCCCNC(=O)OCc2ccccc2)C(=O)O)C1O. The molecule has 0 saturated carbocycles. The van der Waals surface area contributed by atoms with E-state index in [2.05, 4.69) is 5.32 Å². The van der Waals surface area contributed by atoms with Crippen LogP contribution in [0.25, 0.3) is 0 Å². The average molecular weight is 552 g/mol. The fourth-order valence-corrected chi connectivity index (χ4v) is 4.10. The zero-order valence-electron chi connectivity index (χ0n) is 21.6. The Morgan fingerprint density at radius 1 is 0.974 bits per heavy atom. The number of aliphatic hydroxyl groups excluding tert-OH is 1. The van der Waals surface area contributed by atoms with E-state index in [4.69, 9.17) is 9.84 Å². The monoisotopic (exact) mass is 551 g/mol. The van der Waals surface area contributed by atoms with Crippen LogP contribution in [0.2, 0.25) is 0 Å². The van der Waals surface area contributed by atoms with Crippen LogP contribution in [0.1, 0.15) is 51.5 Å². The fraction of sp³-hybridized carbons (Fsp3) is 0.520. The van der Waals surface area contributed by atoms with Crippen LogP contribution in [0.3, 0.4) is 0 Å². The Bertz CT molecular complexity index is 1080. The van der Waals surface area contributed by atoms with Crippen LogP contribution in [-0.4, -0.2) is 91.0 Å². The highest BCUT2D eigenvalue weighted by Crippen LogP contribution is 2.36. The molecular weight excluding hydrogens is 518 g/mol. The Morgan fingerprint density at radius 3 is 2.15 bits per heavy atom. The smallest absolute Gasteiger partial charge is 0.407 e. The lowest BCUT2D eigenvalue weighted by atomic mass is 9.84. The van der Waals surface area contributed by atoms with Crippen LogP contribution in [0.4, 0.5) is 9.59 Å². The van der Waals surface area contributed by atoms with Gasteiger partial charge in [0.25, 0.3) is 0 Å². The number of carbonyl (C=O) groups is 6. The Morgan fingerprint density at radius 2 is 1.59 bits per heavy atom. The Hall–Kier alpha value is -4.20. The van der Waals surface area contributed by atoms with Crippen LogP contribution < -0.4 is 5.32 Å². The van der Waals surface area contributed by atoms with Gasteiger partial charge in [-0.25, -0.2) is 24.1 Å². The number of unbranched alkanes of at least 4 members (excludes halogenated alkanes) is 1. The van der Waals surface area contributed by atoms with E-state index in [1.54, 1.807) is 24.3 Å². The van der Waals surface area contributed by atoms with E-state index in [-0.39, 0.29) is 32.4 Å². The van der Waals surface area contributed by atoms with Crippen molar-refractivity contribution in [3.8, 4) is 0 Å². The van der Waals surface area contributed by atoms with E-state index in [9.17, 15) is 44.1 Å². The van der Waals surface area contributed by atoms with E-state index < -0.39 is 72.5 Å².